The second-order valence-electron chi connectivity index (χ2n) is 7.37. The average Bonchev–Trinajstić information content (AvgIpc) is 3.32. The van der Waals surface area contributed by atoms with Crippen molar-refractivity contribution in [3.63, 3.8) is 0 Å². The predicted molar refractivity (Wildman–Crippen MR) is 112 cm³/mol. The van der Waals surface area contributed by atoms with Gasteiger partial charge in [0.05, 0.1) is 5.25 Å². The number of hydrogen-bond acceptors (Lipinski definition) is 5. The fourth-order valence-electron chi connectivity index (χ4n) is 4.30. The average molecular weight is 396 g/mol. The van der Waals surface area contributed by atoms with Crippen LogP contribution in [-0.4, -0.2) is 27.2 Å². The van der Waals surface area contributed by atoms with Crippen LogP contribution < -0.4 is 4.90 Å². The summed E-state index contributed by atoms with van der Waals surface area (Å²) in [5.41, 5.74) is 3.74. The Balaban J connectivity index is 1.45. The maximum Gasteiger partial charge on any atom is 0.240 e. The summed E-state index contributed by atoms with van der Waals surface area (Å²) in [6.07, 6.45) is 6.04. The van der Waals surface area contributed by atoms with E-state index in [1.165, 1.54) is 27.8 Å². The summed E-state index contributed by atoms with van der Waals surface area (Å²) in [5, 5.41) is 1.96. The van der Waals surface area contributed by atoms with E-state index < -0.39 is 0 Å². The highest BCUT2D eigenvalue weighted by atomic mass is 32.2. The summed E-state index contributed by atoms with van der Waals surface area (Å²) in [4.78, 5) is 26.8. The van der Waals surface area contributed by atoms with E-state index in [4.69, 9.17) is 0 Å². The summed E-state index contributed by atoms with van der Waals surface area (Å²) in [6, 6.07) is 8.44. The lowest BCUT2D eigenvalue weighted by Crippen LogP contribution is -2.40. The number of aryl methyl sites for hydroxylation is 2. The summed E-state index contributed by atoms with van der Waals surface area (Å²) in [6.45, 7) is 4.13. The molecule has 4 nitrogen and oxygen atoms in total. The molecule has 0 spiro atoms. The molecule has 2 atom stereocenters. The minimum absolute atomic E-state index is 0.163. The number of carbonyl (C=O) groups is 1. The van der Waals surface area contributed by atoms with Gasteiger partial charge in [-0.2, -0.15) is 0 Å². The molecule has 1 aliphatic heterocycles. The van der Waals surface area contributed by atoms with E-state index in [0.29, 0.717) is 0 Å². The molecule has 6 heteroatoms. The molecule has 138 valence electrons. The molecule has 5 rings (SSSR count). The lowest BCUT2D eigenvalue weighted by molar-refractivity contribution is -0.118. The number of amides is 1. The molecular formula is C21H21N3OS2. The predicted octanol–water partition coefficient (Wildman–Crippen LogP) is 4.64. The molecule has 1 aromatic carbocycles. The van der Waals surface area contributed by atoms with Gasteiger partial charge in [0.15, 0.2) is 0 Å². The molecule has 0 radical (unpaired) electrons. The van der Waals surface area contributed by atoms with Crippen LogP contribution in [0.25, 0.3) is 10.2 Å². The first-order valence-electron chi connectivity index (χ1n) is 9.46. The molecule has 0 fully saturated rings. The number of benzene rings is 1. The summed E-state index contributed by atoms with van der Waals surface area (Å²) in [5.74, 6) is 0.163. The standard InChI is InChI=1S/C21H21N3OS2/c1-12-10-14-6-3-4-8-16(14)24(12)21(25)13(2)26-19-18-15-7-5-9-17(15)27-20(18)23-11-22-19/h3-4,6,8,11-13H,5,7,9-10H2,1-2H3/t12-,13-/m0/s1. The number of anilines is 1. The van der Waals surface area contributed by atoms with E-state index in [2.05, 4.69) is 29.0 Å². The maximum absolute atomic E-state index is 13.3. The molecule has 0 N–H and O–H groups in total. The molecule has 0 saturated heterocycles. The van der Waals surface area contributed by atoms with Crippen LogP contribution in [0, 0.1) is 0 Å². The monoisotopic (exact) mass is 395 g/mol. The normalized spacial score (nSPS) is 19.3. The third kappa shape index (κ3) is 2.77. The molecule has 2 aromatic heterocycles. The minimum atomic E-state index is -0.186. The smallest absolute Gasteiger partial charge is 0.240 e. The molecule has 2 aliphatic rings. The van der Waals surface area contributed by atoms with E-state index in [1.54, 1.807) is 29.4 Å². The molecular weight excluding hydrogens is 374 g/mol. The Bertz CT molecular complexity index is 1050. The third-order valence-electron chi connectivity index (χ3n) is 5.55. The highest BCUT2D eigenvalue weighted by Gasteiger charge is 2.34. The van der Waals surface area contributed by atoms with Crippen molar-refractivity contribution in [2.45, 2.75) is 55.8 Å². The quantitative estimate of drug-likeness (QED) is 0.479. The van der Waals surface area contributed by atoms with Crippen LogP contribution in [0.5, 0.6) is 0 Å². The molecule has 1 aliphatic carbocycles. The van der Waals surface area contributed by atoms with Crippen LogP contribution in [0.4, 0.5) is 5.69 Å². The molecule has 0 bridgehead atoms. The Morgan fingerprint density at radius 2 is 2.15 bits per heavy atom. The van der Waals surface area contributed by atoms with Gasteiger partial charge in [0, 0.05) is 22.0 Å². The summed E-state index contributed by atoms with van der Waals surface area (Å²) in [7, 11) is 0. The van der Waals surface area contributed by atoms with Gasteiger partial charge in [-0.15, -0.1) is 11.3 Å². The number of aromatic nitrogens is 2. The van der Waals surface area contributed by atoms with Crippen molar-refractivity contribution in [1.29, 1.82) is 0 Å². The van der Waals surface area contributed by atoms with Crippen molar-refractivity contribution >= 4 is 44.9 Å². The van der Waals surface area contributed by atoms with E-state index in [-0.39, 0.29) is 17.2 Å². The Hall–Kier alpha value is -1.92. The fraction of sp³-hybridized carbons (Fsp3) is 0.381. The van der Waals surface area contributed by atoms with E-state index in [1.807, 2.05) is 24.0 Å². The highest BCUT2D eigenvalue weighted by Crippen LogP contribution is 2.41. The zero-order valence-corrected chi connectivity index (χ0v) is 17.1. The second kappa shape index (κ2) is 6.60. The third-order valence-corrected chi connectivity index (χ3v) is 7.84. The molecule has 27 heavy (non-hydrogen) atoms. The van der Waals surface area contributed by atoms with Crippen molar-refractivity contribution in [3.8, 4) is 0 Å². The molecule has 1 amide bonds. The first-order chi connectivity index (χ1) is 13.1. The number of nitrogens with zero attached hydrogens (tertiary/aromatic N) is 3. The van der Waals surface area contributed by atoms with Gasteiger partial charge < -0.3 is 4.90 Å². The lowest BCUT2D eigenvalue weighted by Gasteiger charge is -2.25. The fourth-order valence-corrected chi connectivity index (χ4v) is 6.59. The number of para-hydroxylation sites is 1. The Kier molecular flexibility index (Phi) is 4.20. The van der Waals surface area contributed by atoms with Crippen molar-refractivity contribution < 1.29 is 4.79 Å². The van der Waals surface area contributed by atoms with Crippen molar-refractivity contribution in [3.05, 3.63) is 46.6 Å². The Labute approximate surface area is 167 Å². The molecule has 0 saturated carbocycles. The van der Waals surface area contributed by atoms with Crippen LogP contribution in [0.15, 0.2) is 35.6 Å². The second-order valence-corrected chi connectivity index (χ2v) is 9.78. The van der Waals surface area contributed by atoms with Crippen LogP contribution in [0.1, 0.15) is 36.3 Å². The van der Waals surface area contributed by atoms with Crippen molar-refractivity contribution in [2.24, 2.45) is 0 Å². The number of hydrogen-bond donors (Lipinski definition) is 0. The molecule has 3 heterocycles. The number of fused-ring (bicyclic) bond motifs is 4. The first-order valence-corrected chi connectivity index (χ1v) is 11.2. The van der Waals surface area contributed by atoms with E-state index in [9.17, 15) is 4.79 Å². The number of rotatable bonds is 3. The maximum atomic E-state index is 13.3. The van der Waals surface area contributed by atoms with Crippen LogP contribution in [0.2, 0.25) is 0 Å². The van der Waals surface area contributed by atoms with Gasteiger partial charge >= 0.3 is 0 Å². The Morgan fingerprint density at radius 1 is 1.30 bits per heavy atom. The van der Waals surface area contributed by atoms with Crippen LogP contribution in [0.3, 0.4) is 0 Å². The van der Waals surface area contributed by atoms with Crippen molar-refractivity contribution in [2.75, 3.05) is 4.90 Å². The van der Waals surface area contributed by atoms with Gasteiger partial charge in [-0.1, -0.05) is 30.0 Å². The number of carbonyl (C=O) groups excluding carboxylic acids is 1. The van der Waals surface area contributed by atoms with Gasteiger partial charge in [-0.25, -0.2) is 9.97 Å². The van der Waals surface area contributed by atoms with Gasteiger partial charge in [-0.05, 0) is 56.7 Å². The van der Waals surface area contributed by atoms with Gasteiger partial charge in [-0.3, -0.25) is 4.79 Å². The van der Waals surface area contributed by atoms with Gasteiger partial charge in [0.1, 0.15) is 16.2 Å². The Morgan fingerprint density at radius 3 is 3.04 bits per heavy atom. The van der Waals surface area contributed by atoms with Crippen LogP contribution >= 0.6 is 23.1 Å². The zero-order valence-electron chi connectivity index (χ0n) is 15.4. The topological polar surface area (TPSA) is 46.1 Å². The van der Waals surface area contributed by atoms with Gasteiger partial charge in [0.2, 0.25) is 5.91 Å². The number of thioether (sulfide) groups is 1. The molecule has 3 aromatic rings. The van der Waals surface area contributed by atoms with Crippen LogP contribution in [-0.2, 0) is 24.1 Å². The summed E-state index contributed by atoms with van der Waals surface area (Å²) < 4.78 is 0. The lowest BCUT2D eigenvalue weighted by atomic mass is 10.1. The van der Waals surface area contributed by atoms with Crippen molar-refractivity contribution in [1.82, 2.24) is 9.97 Å². The largest absolute Gasteiger partial charge is 0.308 e. The SMILES string of the molecule is C[C@H](Sc1ncnc2sc3c(c12)CCC3)C(=O)N1c2ccccc2C[C@@H]1C. The van der Waals surface area contributed by atoms with Gasteiger partial charge in [0.25, 0.3) is 0 Å². The first kappa shape index (κ1) is 17.2. The zero-order chi connectivity index (χ0) is 18.5. The minimum Gasteiger partial charge on any atom is -0.308 e. The van der Waals surface area contributed by atoms with E-state index in [0.717, 1.165) is 34.8 Å². The number of thiophene rings is 1. The van der Waals surface area contributed by atoms with E-state index >= 15 is 0 Å². The highest BCUT2D eigenvalue weighted by molar-refractivity contribution is 8.00. The summed E-state index contributed by atoms with van der Waals surface area (Å²) >= 11 is 3.37. The molecule has 0 unspecified atom stereocenters.